The van der Waals surface area contributed by atoms with Crippen molar-refractivity contribution in [3.63, 3.8) is 0 Å². The van der Waals surface area contributed by atoms with Gasteiger partial charge in [0.05, 0.1) is 11.7 Å². The standard InChI is InChI=1S/C18H25N7/c1-5-7-14-10-16(25-18(21-14)19-11-20-25)24-9-6-8-15(24)17-12(2)22-23(4)13(17)3/h10-11,15H,5-9H2,1-4H3/t15-/m1/s1. The van der Waals surface area contributed by atoms with Crippen LogP contribution < -0.4 is 4.90 Å². The highest BCUT2D eigenvalue weighted by atomic mass is 15.4. The van der Waals surface area contributed by atoms with Gasteiger partial charge >= 0.3 is 0 Å². The Labute approximate surface area is 147 Å². The van der Waals surface area contributed by atoms with E-state index < -0.39 is 0 Å². The number of hydrogen-bond donors (Lipinski definition) is 0. The van der Waals surface area contributed by atoms with Crippen molar-refractivity contribution in [1.29, 1.82) is 0 Å². The third-order valence-corrected chi connectivity index (χ3v) is 5.24. The number of fused-ring (bicyclic) bond motifs is 1. The van der Waals surface area contributed by atoms with Crippen LogP contribution >= 0.6 is 0 Å². The largest absolute Gasteiger partial charge is 0.349 e. The molecule has 0 radical (unpaired) electrons. The van der Waals surface area contributed by atoms with Crippen molar-refractivity contribution in [3.8, 4) is 0 Å². The molecule has 0 N–H and O–H groups in total. The molecule has 0 saturated carbocycles. The van der Waals surface area contributed by atoms with Crippen molar-refractivity contribution in [1.82, 2.24) is 29.4 Å². The van der Waals surface area contributed by atoms with Crippen LogP contribution in [0.2, 0.25) is 0 Å². The summed E-state index contributed by atoms with van der Waals surface area (Å²) in [6, 6.07) is 2.52. The van der Waals surface area contributed by atoms with Crippen molar-refractivity contribution in [2.24, 2.45) is 7.05 Å². The fraction of sp³-hybridized carbons (Fsp3) is 0.556. The molecule has 1 aliphatic heterocycles. The Balaban J connectivity index is 1.83. The minimum atomic E-state index is 0.331. The lowest BCUT2D eigenvalue weighted by Crippen LogP contribution is -2.26. The van der Waals surface area contributed by atoms with Gasteiger partial charge in [-0.05, 0) is 33.1 Å². The molecule has 0 aliphatic carbocycles. The molecule has 3 aromatic heterocycles. The van der Waals surface area contributed by atoms with Crippen LogP contribution in [-0.2, 0) is 13.5 Å². The monoisotopic (exact) mass is 339 g/mol. The molecule has 7 nitrogen and oxygen atoms in total. The van der Waals surface area contributed by atoms with Gasteiger partial charge in [0.1, 0.15) is 12.1 Å². The molecule has 3 aromatic rings. The molecule has 132 valence electrons. The molecule has 0 unspecified atom stereocenters. The fourth-order valence-corrected chi connectivity index (χ4v) is 4.05. The summed E-state index contributed by atoms with van der Waals surface area (Å²) in [6.45, 7) is 7.46. The number of anilines is 1. The van der Waals surface area contributed by atoms with Gasteiger partial charge in [-0.2, -0.15) is 19.7 Å². The molecule has 7 heteroatoms. The summed E-state index contributed by atoms with van der Waals surface area (Å²) in [5.74, 6) is 1.78. The van der Waals surface area contributed by atoms with Gasteiger partial charge in [-0.3, -0.25) is 4.68 Å². The van der Waals surface area contributed by atoms with Crippen LogP contribution in [0.25, 0.3) is 5.78 Å². The summed E-state index contributed by atoms with van der Waals surface area (Å²) >= 11 is 0. The molecule has 1 atom stereocenters. The van der Waals surface area contributed by atoms with Crippen molar-refractivity contribution >= 4 is 11.6 Å². The molecule has 4 rings (SSSR count). The number of aromatic nitrogens is 6. The number of aryl methyl sites for hydroxylation is 3. The summed E-state index contributed by atoms with van der Waals surface area (Å²) in [5.41, 5.74) is 4.80. The quantitative estimate of drug-likeness (QED) is 0.731. The first kappa shape index (κ1) is 16.1. The van der Waals surface area contributed by atoms with Crippen LogP contribution in [0.5, 0.6) is 0 Å². The van der Waals surface area contributed by atoms with E-state index in [0.717, 1.165) is 43.0 Å². The molecule has 0 amide bonds. The predicted octanol–water partition coefficient (Wildman–Crippen LogP) is 2.77. The van der Waals surface area contributed by atoms with Gasteiger partial charge in [0.15, 0.2) is 0 Å². The maximum atomic E-state index is 4.64. The third-order valence-electron chi connectivity index (χ3n) is 5.24. The highest BCUT2D eigenvalue weighted by Crippen LogP contribution is 2.38. The number of nitrogens with zero attached hydrogens (tertiary/aromatic N) is 7. The lowest BCUT2D eigenvalue weighted by Gasteiger charge is -2.27. The molecular formula is C18H25N7. The van der Waals surface area contributed by atoms with E-state index in [1.54, 1.807) is 6.33 Å². The minimum absolute atomic E-state index is 0.331. The van der Waals surface area contributed by atoms with E-state index in [4.69, 9.17) is 0 Å². The van der Waals surface area contributed by atoms with E-state index in [2.05, 4.69) is 51.9 Å². The SMILES string of the molecule is CCCc1cc(N2CCC[C@@H]2c2c(C)nn(C)c2C)n2ncnc2n1. The molecular weight excluding hydrogens is 314 g/mol. The second-order valence-corrected chi connectivity index (χ2v) is 6.89. The lowest BCUT2D eigenvalue weighted by molar-refractivity contribution is 0.681. The number of hydrogen-bond acceptors (Lipinski definition) is 5. The summed E-state index contributed by atoms with van der Waals surface area (Å²) in [5, 5.41) is 9.05. The van der Waals surface area contributed by atoms with Gasteiger partial charge in [0.25, 0.3) is 5.78 Å². The summed E-state index contributed by atoms with van der Waals surface area (Å²) in [6.07, 6.45) is 5.92. The smallest absolute Gasteiger partial charge is 0.254 e. The predicted molar refractivity (Wildman–Crippen MR) is 96.8 cm³/mol. The van der Waals surface area contributed by atoms with Gasteiger partial charge in [-0.1, -0.05) is 13.3 Å². The van der Waals surface area contributed by atoms with Crippen molar-refractivity contribution in [3.05, 3.63) is 35.0 Å². The second-order valence-electron chi connectivity index (χ2n) is 6.89. The zero-order valence-corrected chi connectivity index (χ0v) is 15.4. The molecule has 1 saturated heterocycles. The molecule has 1 aliphatic rings. The Bertz CT molecular complexity index is 908. The Morgan fingerprint density at radius 2 is 2.12 bits per heavy atom. The normalized spacial score (nSPS) is 17.8. The molecule has 0 aromatic carbocycles. The lowest BCUT2D eigenvalue weighted by atomic mass is 10.0. The van der Waals surface area contributed by atoms with Gasteiger partial charge in [-0.15, -0.1) is 0 Å². The Hall–Kier alpha value is -2.44. The fourth-order valence-electron chi connectivity index (χ4n) is 4.05. The molecule has 4 heterocycles. The van der Waals surface area contributed by atoms with Gasteiger partial charge in [0, 0.05) is 36.6 Å². The Morgan fingerprint density at radius 1 is 1.28 bits per heavy atom. The van der Waals surface area contributed by atoms with E-state index in [-0.39, 0.29) is 0 Å². The first-order valence-corrected chi connectivity index (χ1v) is 9.06. The Morgan fingerprint density at radius 3 is 2.84 bits per heavy atom. The summed E-state index contributed by atoms with van der Waals surface area (Å²) < 4.78 is 3.86. The zero-order valence-electron chi connectivity index (χ0n) is 15.4. The van der Waals surface area contributed by atoms with E-state index in [1.165, 1.54) is 17.7 Å². The highest BCUT2D eigenvalue weighted by Gasteiger charge is 2.32. The average molecular weight is 339 g/mol. The topological polar surface area (TPSA) is 64.1 Å². The number of rotatable bonds is 4. The summed E-state index contributed by atoms with van der Waals surface area (Å²) in [7, 11) is 2.02. The van der Waals surface area contributed by atoms with Crippen LogP contribution in [0, 0.1) is 13.8 Å². The third kappa shape index (κ3) is 2.58. The van der Waals surface area contributed by atoms with Crippen LogP contribution in [0.4, 0.5) is 5.82 Å². The van der Waals surface area contributed by atoms with E-state index in [9.17, 15) is 0 Å². The minimum Gasteiger partial charge on any atom is -0.349 e. The van der Waals surface area contributed by atoms with Crippen molar-refractivity contribution in [2.45, 2.75) is 52.5 Å². The molecule has 0 bridgehead atoms. The molecule has 25 heavy (non-hydrogen) atoms. The van der Waals surface area contributed by atoms with Crippen LogP contribution in [0.15, 0.2) is 12.4 Å². The van der Waals surface area contributed by atoms with Gasteiger partial charge in [-0.25, -0.2) is 4.98 Å². The van der Waals surface area contributed by atoms with Gasteiger partial charge < -0.3 is 4.90 Å². The van der Waals surface area contributed by atoms with Crippen LogP contribution in [0.3, 0.4) is 0 Å². The maximum absolute atomic E-state index is 4.64. The molecule has 0 spiro atoms. The second kappa shape index (κ2) is 6.13. The Kier molecular flexibility index (Phi) is 3.94. The van der Waals surface area contributed by atoms with E-state index in [1.807, 2.05) is 16.2 Å². The van der Waals surface area contributed by atoms with E-state index in [0.29, 0.717) is 11.8 Å². The van der Waals surface area contributed by atoms with Crippen LogP contribution in [-0.4, -0.2) is 35.9 Å². The highest BCUT2D eigenvalue weighted by molar-refractivity contribution is 5.51. The first-order valence-electron chi connectivity index (χ1n) is 9.06. The van der Waals surface area contributed by atoms with Crippen molar-refractivity contribution in [2.75, 3.05) is 11.4 Å². The summed E-state index contributed by atoms with van der Waals surface area (Å²) in [4.78, 5) is 11.4. The van der Waals surface area contributed by atoms with Gasteiger partial charge in [0.2, 0.25) is 0 Å². The van der Waals surface area contributed by atoms with Crippen molar-refractivity contribution < 1.29 is 0 Å². The zero-order chi connectivity index (χ0) is 17.6. The molecule has 1 fully saturated rings. The average Bonchev–Trinajstić information content (AvgIpc) is 3.27. The van der Waals surface area contributed by atoms with E-state index >= 15 is 0 Å². The van der Waals surface area contributed by atoms with Crippen LogP contribution in [0.1, 0.15) is 54.9 Å². The first-order chi connectivity index (χ1) is 12.1. The maximum Gasteiger partial charge on any atom is 0.254 e.